The zero-order chi connectivity index (χ0) is 11.3. The fourth-order valence-corrected chi connectivity index (χ4v) is 3.04. The van der Waals surface area contributed by atoms with Crippen molar-refractivity contribution in [1.29, 1.82) is 0 Å². The molecule has 2 fully saturated rings. The van der Waals surface area contributed by atoms with Gasteiger partial charge in [-0.25, -0.2) is 0 Å². The molecule has 2 saturated heterocycles. The molecule has 0 unspecified atom stereocenters. The number of hydrogen-bond acceptors (Lipinski definition) is 1. The Morgan fingerprint density at radius 2 is 1.47 bits per heavy atom. The first-order valence-corrected chi connectivity index (χ1v) is 6.73. The van der Waals surface area contributed by atoms with E-state index in [4.69, 9.17) is 0 Å². The summed E-state index contributed by atoms with van der Waals surface area (Å²) in [6.45, 7) is 9.51. The van der Waals surface area contributed by atoms with Crippen LogP contribution in [0.1, 0.15) is 39.5 Å². The largest absolute Gasteiger partial charge is 0.324 e. The lowest BCUT2D eigenvalue weighted by molar-refractivity contribution is -0.923. The molecule has 2 rings (SSSR count). The second-order valence-electron chi connectivity index (χ2n) is 5.17. The van der Waals surface area contributed by atoms with Gasteiger partial charge >= 0.3 is 0 Å². The van der Waals surface area contributed by atoms with Crippen LogP contribution < -0.4 is 0 Å². The van der Waals surface area contributed by atoms with Gasteiger partial charge in [0.2, 0.25) is 0 Å². The van der Waals surface area contributed by atoms with Crippen molar-refractivity contribution in [2.75, 3.05) is 40.3 Å². The number of nitrogens with zero attached hydrogens (tertiary/aromatic N) is 2. The topological polar surface area (TPSA) is 3.24 Å². The van der Waals surface area contributed by atoms with Crippen LogP contribution in [-0.2, 0) is 0 Å². The third-order valence-electron chi connectivity index (χ3n) is 4.16. The molecular formula is C13H29N2+. The van der Waals surface area contributed by atoms with E-state index in [-0.39, 0.29) is 0 Å². The van der Waals surface area contributed by atoms with Crippen LogP contribution in [-0.4, -0.2) is 55.7 Å². The van der Waals surface area contributed by atoms with Gasteiger partial charge in [0.25, 0.3) is 0 Å². The molecule has 0 atom stereocenters. The Kier molecular flexibility index (Phi) is 5.07. The van der Waals surface area contributed by atoms with E-state index in [9.17, 15) is 0 Å². The Bertz CT molecular complexity index is 165. The molecule has 2 aliphatic heterocycles. The van der Waals surface area contributed by atoms with Crippen LogP contribution in [0, 0.1) is 0 Å². The van der Waals surface area contributed by atoms with Crippen molar-refractivity contribution in [3.8, 4) is 0 Å². The second-order valence-corrected chi connectivity index (χ2v) is 5.17. The van der Waals surface area contributed by atoms with E-state index < -0.39 is 0 Å². The fourth-order valence-electron chi connectivity index (χ4n) is 3.04. The van der Waals surface area contributed by atoms with Crippen molar-refractivity contribution >= 4 is 0 Å². The summed E-state index contributed by atoms with van der Waals surface area (Å²) in [6, 6.07) is 0.971. The van der Waals surface area contributed by atoms with Gasteiger partial charge < -0.3 is 9.38 Å². The Morgan fingerprint density at radius 1 is 1.00 bits per heavy atom. The smallest absolute Gasteiger partial charge is 0.0913 e. The Morgan fingerprint density at radius 3 is 1.93 bits per heavy atom. The summed E-state index contributed by atoms with van der Waals surface area (Å²) in [4.78, 5) is 2.47. The molecule has 15 heavy (non-hydrogen) atoms. The molecule has 2 heteroatoms. The maximum absolute atomic E-state index is 2.48. The van der Waals surface area contributed by atoms with Crippen LogP contribution in [0.5, 0.6) is 0 Å². The predicted octanol–water partition coefficient (Wildman–Crippen LogP) is 2.35. The molecule has 90 valence electrons. The molecule has 0 bridgehead atoms. The van der Waals surface area contributed by atoms with Crippen LogP contribution in [0.4, 0.5) is 0 Å². The van der Waals surface area contributed by atoms with Crippen LogP contribution in [0.25, 0.3) is 0 Å². The van der Waals surface area contributed by atoms with Gasteiger partial charge in [-0.15, -0.1) is 0 Å². The zero-order valence-electron chi connectivity index (χ0n) is 11.1. The van der Waals surface area contributed by atoms with E-state index in [1.165, 1.54) is 56.3 Å². The zero-order valence-corrected chi connectivity index (χ0v) is 11.1. The molecule has 2 nitrogen and oxygen atoms in total. The summed E-state index contributed by atoms with van der Waals surface area (Å²) in [5.41, 5.74) is 0. The van der Waals surface area contributed by atoms with Crippen molar-refractivity contribution in [1.82, 2.24) is 4.90 Å². The first kappa shape index (κ1) is 13.0. The molecule has 0 amide bonds. The highest BCUT2D eigenvalue weighted by Gasteiger charge is 2.36. The van der Waals surface area contributed by atoms with Gasteiger partial charge in [0.05, 0.1) is 26.2 Å². The van der Waals surface area contributed by atoms with Gasteiger partial charge in [0.1, 0.15) is 0 Å². The van der Waals surface area contributed by atoms with E-state index in [0.29, 0.717) is 0 Å². The molecular weight excluding hydrogens is 184 g/mol. The minimum atomic E-state index is 0.971. The van der Waals surface area contributed by atoms with Crippen LogP contribution in [0.15, 0.2) is 0 Å². The maximum Gasteiger partial charge on any atom is 0.0913 e. The third-order valence-corrected chi connectivity index (χ3v) is 4.16. The van der Waals surface area contributed by atoms with Crippen LogP contribution in [0.3, 0.4) is 0 Å². The van der Waals surface area contributed by atoms with E-state index >= 15 is 0 Å². The highest BCUT2D eigenvalue weighted by atomic mass is 15.4. The first-order valence-electron chi connectivity index (χ1n) is 6.73. The summed E-state index contributed by atoms with van der Waals surface area (Å²) >= 11 is 0. The molecule has 0 N–H and O–H groups in total. The Hall–Kier alpha value is -0.0800. The number of hydrogen-bond donors (Lipinski definition) is 0. The number of piperidine rings is 1. The van der Waals surface area contributed by atoms with Gasteiger partial charge in [-0.1, -0.05) is 13.8 Å². The van der Waals surface area contributed by atoms with Crippen LogP contribution >= 0.6 is 0 Å². The molecule has 0 aromatic carbocycles. The van der Waals surface area contributed by atoms with Crippen molar-refractivity contribution < 1.29 is 4.48 Å². The highest BCUT2D eigenvalue weighted by Crippen LogP contribution is 2.27. The lowest BCUT2D eigenvalue weighted by Crippen LogP contribution is -2.53. The highest BCUT2D eigenvalue weighted by molar-refractivity contribution is 4.72. The average molecular weight is 213 g/mol. The molecule has 2 heterocycles. The fraction of sp³-hybridized carbons (Fsp3) is 1.00. The molecule has 0 aromatic heterocycles. The Balaban J connectivity index is 0.000000531. The van der Waals surface area contributed by atoms with Crippen molar-refractivity contribution in [3.63, 3.8) is 0 Å². The summed E-state index contributed by atoms with van der Waals surface area (Å²) in [6.07, 6.45) is 5.77. The van der Waals surface area contributed by atoms with Gasteiger partial charge in [0.15, 0.2) is 0 Å². The minimum Gasteiger partial charge on any atom is -0.324 e. The van der Waals surface area contributed by atoms with Crippen LogP contribution in [0.2, 0.25) is 0 Å². The van der Waals surface area contributed by atoms with E-state index in [2.05, 4.69) is 19.0 Å². The molecule has 0 saturated carbocycles. The maximum atomic E-state index is 2.48. The molecule has 0 spiro atoms. The number of likely N-dealkylation sites (tertiary alicyclic amines) is 2. The predicted molar refractivity (Wildman–Crippen MR) is 67.0 cm³/mol. The van der Waals surface area contributed by atoms with Gasteiger partial charge in [-0.2, -0.15) is 0 Å². The molecule has 0 radical (unpaired) electrons. The lowest BCUT2D eigenvalue weighted by Gasteiger charge is -2.42. The van der Waals surface area contributed by atoms with E-state index in [1.807, 2.05) is 13.8 Å². The van der Waals surface area contributed by atoms with Crippen molar-refractivity contribution in [2.24, 2.45) is 0 Å². The molecule has 0 aliphatic carbocycles. The second kappa shape index (κ2) is 5.86. The van der Waals surface area contributed by atoms with Crippen molar-refractivity contribution in [3.05, 3.63) is 0 Å². The quantitative estimate of drug-likeness (QED) is 0.604. The first-order chi connectivity index (χ1) is 7.21. The SMILES string of the molecule is CC.CN1CCC([N+]2(C)CCCC2)CC1. The minimum absolute atomic E-state index is 0.971. The summed E-state index contributed by atoms with van der Waals surface area (Å²) in [5, 5.41) is 0. The summed E-state index contributed by atoms with van der Waals surface area (Å²) in [5.74, 6) is 0. The van der Waals surface area contributed by atoms with Gasteiger partial charge in [-0.05, 0) is 7.05 Å². The normalized spacial score (nSPS) is 27.2. The van der Waals surface area contributed by atoms with E-state index in [1.54, 1.807) is 0 Å². The number of quaternary nitrogens is 1. The summed E-state index contributed by atoms with van der Waals surface area (Å²) < 4.78 is 1.38. The lowest BCUT2D eigenvalue weighted by atomic mass is 10.0. The monoisotopic (exact) mass is 213 g/mol. The van der Waals surface area contributed by atoms with E-state index in [0.717, 1.165) is 6.04 Å². The van der Waals surface area contributed by atoms with Gasteiger partial charge in [-0.3, -0.25) is 0 Å². The molecule has 0 aromatic rings. The Labute approximate surface area is 95.8 Å². The average Bonchev–Trinajstić information content (AvgIpc) is 2.70. The molecule has 2 aliphatic rings. The third kappa shape index (κ3) is 3.18. The standard InChI is InChI=1S/C11H23N2.C2H6/c1-12-7-5-11(6-8-12)13(2)9-3-4-10-13;1-2/h11H,3-10H2,1-2H3;1-2H3/q+1;. The van der Waals surface area contributed by atoms with Crippen molar-refractivity contribution in [2.45, 2.75) is 45.6 Å². The summed E-state index contributed by atoms with van der Waals surface area (Å²) in [7, 11) is 4.73. The number of rotatable bonds is 1. The van der Waals surface area contributed by atoms with Gasteiger partial charge in [0, 0.05) is 38.8 Å².